The minimum absolute atomic E-state index is 0.0125. The van der Waals surface area contributed by atoms with E-state index >= 15 is 0 Å². The number of aromatic nitrogens is 1. The average molecular weight is 235 g/mol. The van der Waals surface area contributed by atoms with Crippen LogP contribution in [0, 0.1) is 6.92 Å². The van der Waals surface area contributed by atoms with Gasteiger partial charge in [-0.2, -0.15) is 0 Å². The van der Waals surface area contributed by atoms with Crippen molar-refractivity contribution < 1.29 is 10.2 Å². The second-order valence-electron chi connectivity index (χ2n) is 3.14. The molecule has 0 atom stereocenters. The standard InChI is InChI=1S/C10H9N3O2S/c1-6-5-16-10(11-6)13-12-8-3-2-7(14)4-9(8)15/h2-5,14-15H,1H3. The molecule has 1 aromatic heterocycles. The van der Waals surface area contributed by atoms with Crippen molar-refractivity contribution in [3.05, 3.63) is 29.3 Å². The summed E-state index contributed by atoms with van der Waals surface area (Å²) in [5.41, 5.74) is 1.18. The van der Waals surface area contributed by atoms with Gasteiger partial charge in [-0.15, -0.1) is 21.6 Å². The number of phenolic OH excluding ortho intramolecular Hbond substituents is 2. The van der Waals surface area contributed by atoms with Gasteiger partial charge in [-0.25, -0.2) is 4.98 Å². The predicted octanol–water partition coefficient (Wildman–Crippen LogP) is 3.28. The summed E-state index contributed by atoms with van der Waals surface area (Å²) < 4.78 is 0. The van der Waals surface area contributed by atoms with Crippen molar-refractivity contribution in [3.63, 3.8) is 0 Å². The summed E-state index contributed by atoms with van der Waals surface area (Å²) in [6.07, 6.45) is 0. The van der Waals surface area contributed by atoms with E-state index in [4.69, 9.17) is 5.11 Å². The first-order valence-electron chi connectivity index (χ1n) is 4.51. The maximum atomic E-state index is 9.44. The van der Waals surface area contributed by atoms with Crippen molar-refractivity contribution >= 4 is 22.2 Å². The molecule has 0 saturated carbocycles. The normalized spacial score (nSPS) is 11.1. The quantitative estimate of drug-likeness (QED) is 0.784. The Kier molecular flexibility index (Phi) is 2.82. The number of hydrogen-bond acceptors (Lipinski definition) is 6. The van der Waals surface area contributed by atoms with Gasteiger partial charge < -0.3 is 10.2 Å². The van der Waals surface area contributed by atoms with Crippen molar-refractivity contribution in [2.75, 3.05) is 0 Å². The van der Waals surface area contributed by atoms with Gasteiger partial charge in [0.15, 0.2) is 0 Å². The van der Waals surface area contributed by atoms with Crippen LogP contribution in [0.1, 0.15) is 5.69 Å². The Morgan fingerprint density at radius 3 is 2.69 bits per heavy atom. The number of aromatic hydroxyl groups is 2. The number of nitrogens with zero attached hydrogens (tertiary/aromatic N) is 3. The zero-order valence-electron chi connectivity index (χ0n) is 8.45. The lowest BCUT2D eigenvalue weighted by Gasteiger charge is -1.96. The summed E-state index contributed by atoms with van der Waals surface area (Å²) in [6.45, 7) is 1.87. The highest BCUT2D eigenvalue weighted by Crippen LogP contribution is 2.31. The Morgan fingerprint density at radius 2 is 2.06 bits per heavy atom. The molecule has 5 nitrogen and oxygen atoms in total. The molecule has 82 valence electrons. The van der Waals surface area contributed by atoms with E-state index in [1.54, 1.807) is 0 Å². The fourth-order valence-corrected chi connectivity index (χ4v) is 1.69. The molecule has 6 heteroatoms. The summed E-state index contributed by atoms with van der Waals surface area (Å²) in [6, 6.07) is 4.12. The number of hydrogen-bond donors (Lipinski definition) is 2. The van der Waals surface area contributed by atoms with Crippen LogP contribution in [0.2, 0.25) is 0 Å². The van der Waals surface area contributed by atoms with Gasteiger partial charge >= 0.3 is 0 Å². The summed E-state index contributed by atoms with van der Waals surface area (Å²) in [4.78, 5) is 4.10. The van der Waals surface area contributed by atoms with Gasteiger partial charge in [0.05, 0.1) is 5.69 Å². The maximum absolute atomic E-state index is 9.44. The highest BCUT2D eigenvalue weighted by molar-refractivity contribution is 7.13. The lowest BCUT2D eigenvalue weighted by molar-refractivity contribution is 0.451. The largest absolute Gasteiger partial charge is 0.508 e. The zero-order valence-corrected chi connectivity index (χ0v) is 9.27. The molecule has 0 unspecified atom stereocenters. The van der Waals surface area contributed by atoms with Gasteiger partial charge in [-0.05, 0) is 19.1 Å². The molecule has 1 aromatic carbocycles. The Hall–Kier alpha value is -1.95. The molecule has 0 saturated heterocycles. The van der Waals surface area contributed by atoms with Crippen molar-refractivity contribution in [1.82, 2.24) is 4.98 Å². The van der Waals surface area contributed by atoms with E-state index in [1.165, 1.54) is 29.5 Å². The molecule has 0 aliphatic heterocycles. The Balaban J connectivity index is 2.23. The van der Waals surface area contributed by atoms with Gasteiger partial charge in [-0.3, -0.25) is 0 Å². The van der Waals surface area contributed by atoms with Crippen LogP contribution in [-0.2, 0) is 0 Å². The lowest BCUT2D eigenvalue weighted by Crippen LogP contribution is -1.69. The molecule has 0 aliphatic rings. The molecule has 0 aliphatic carbocycles. The lowest BCUT2D eigenvalue weighted by atomic mass is 10.3. The van der Waals surface area contributed by atoms with Gasteiger partial charge in [0.2, 0.25) is 5.13 Å². The summed E-state index contributed by atoms with van der Waals surface area (Å²) in [5.74, 6) is -0.126. The molecule has 2 aromatic rings. The molecular weight excluding hydrogens is 226 g/mol. The fourth-order valence-electron chi connectivity index (χ4n) is 1.08. The number of phenols is 2. The smallest absolute Gasteiger partial charge is 0.230 e. The molecule has 0 radical (unpaired) electrons. The second kappa shape index (κ2) is 4.28. The van der Waals surface area contributed by atoms with Gasteiger partial charge in [0.25, 0.3) is 0 Å². The maximum Gasteiger partial charge on any atom is 0.230 e. The van der Waals surface area contributed by atoms with Crippen molar-refractivity contribution in [1.29, 1.82) is 0 Å². The van der Waals surface area contributed by atoms with Gasteiger partial charge in [-0.1, -0.05) is 0 Å². The first kappa shape index (κ1) is 10.6. The third kappa shape index (κ3) is 2.34. The molecule has 0 fully saturated rings. The van der Waals surface area contributed by atoms with E-state index in [9.17, 15) is 5.11 Å². The topological polar surface area (TPSA) is 78.1 Å². The molecule has 2 rings (SSSR count). The highest BCUT2D eigenvalue weighted by atomic mass is 32.1. The van der Waals surface area contributed by atoms with Crippen molar-refractivity contribution in [3.8, 4) is 11.5 Å². The number of azo groups is 1. The Labute approximate surface area is 95.7 Å². The number of benzene rings is 1. The first-order valence-corrected chi connectivity index (χ1v) is 5.39. The van der Waals surface area contributed by atoms with Crippen LogP contribution in [0.15, 0.2) is 33.8 Å². The van der Waals surface area contributed by atoms with E-state index in [2.05, 4.69) is 15.2 Å². The third-order valence-electron chi connectivity index (χ3n) is 1.81. The van der Waals surface area contributed by atoms with Crippen LogP contribution in [0.5, 0.6) is 11.5 Å². The van der Waals surface area contributed by atoms with Crippen molar-refractivity contribution in [2.45, 2.75) is 6.92 Å². The minimum atomic E-state index is -0.114. The zero-order chi connectivity index (χ0) is 11.5. The number of thiazole rings is 1. The van der Waals surface area contributed by atoms with E-state index in [-0.39, 0.29) is 11.5 Å². The number of aryl methyl sites for hydroxylation is 1. The SMILES string of the molecule is Cc1csc(N=Nc2ccc(O)cc2O)n1. The summed E-state index contributed by atoms with van der Waals surface area (Å²) >= 11 is 1.38. The van der Waals surface area contributed by atoms with E-state index < -0.39 is 0 Å². The predicted molar refractivity (Wildman–Crippen MR) is 60.8 cm³/mol. The third-order valence-corrected chi connectivity index (χ3v) is 2.65. The number of rotatable bonds is 2. The Bertz CT molecular complexity index is 537. The first-order chi connectivity index (χ1) is 7.65. The second-order valence-corrected chi connectivity index (χ2v) is 3.98. The van der Waals surface area contributed by atoms with Crippen LogP contribution in [0.25, 0.3) is 0 Å². The minimum Gasteiger partial charge on any atom is -0.508 e. The average Bonchev–Trinajstić information content (AvgIpc) is 2.63. The van der Waals surface area contributed by atoms with Crippen LogP contribution in [-0.4, -0.2) is 15.2 Å². The molecule has 0 bridgehead atoms. The molecule has 2 N–H and O–H groups in total. The summed E-state index contributed by atoms with van der Waals surface area (Å²) in [7, 11) is 0. The molecule has 1 heterocycles. The van der Waals surface area contributed by atoms with Crippen LogP contribution >= 0.6 is 11.3 Å². The monoisotopic (exact) mass is 235 g/mol. The van der Waals surface area contributed by atoms with E-state index in [0.29, 0.717) is 10.8 Å². The summed E-state index contributed by atoms with van der Waals surface area (Å²) in [5, 5.41) is 28.6. The molecule has 16 heavy (non-hydrogen) atoms. The highest BCUT2D eigenvalue weighted by Gasteiger charge is 2.01. The van der Waals surface area contributed by atoms with Crippen LogP contribution in [0.3, 0.4) is 0 Å². The van der Waals surface area contributed by atoms with Gasteiger partial charge in [0, 0.05) is 11.4 Å². The van der Waals surface area contributed by atoms with E-state index in [0.717, 1.165) is 5.69 Å². The molecule has 0 amide bonds. The Morgan fingerprint density at radius 1 is 1.25 bits per heavy atom. The van der Waals surface area contributed by atoms with Crippen LogP contribution < -0.4 is 0 Å². The van der Waals surface area contributed by atoms with Gasteiger partial charge in [0.1, 0.15) is 17.2 Å². The molecule has 0 spiro atoms. The van der Waals surface area contributed by atoms with Crippen molar-refractivity contribution in [2.24, 2.45) is 10.2 Å². The molecular formula is C10H9N3O2S. The van der Waals surface area contributed by atoms with Crippen LogP contribution in [0.4, 0.5) is 10.8 Å². The van der Waals surface area contributed by atoms with E-state index in [1.807, 2.05) is 12.3 Å². The fraction of sp³-hybridized carbons (Fsp3) is 0.100.